The molecule has 3 aromatic heterocycles. The monoisotopic (exact) mass is 421 g/mol. The maximum Gasteiger partial charge on any atom is 0.260 e. The Morgan fingerprint density at radius 3 is 3.15 bits per heavy atom. The highest BCUT2D eigenvalue weighted by atomic mass is 32.2. The van der Waals surface area contributed by atoms with Gasteiger partial charge in [0, 0.05) is 29.0 Å². The number of nitrogens with zero attached hydrogens (tertiary/aromatic N) is 1. The maximum atomic E-state index is 12.5. The van der Waals surface area contributed by atoms with E-state index in [9.17, 15) is 9.59 Å². The number of H-pyrrole nitrogens is 1. The SMILES string of the molecule is O=C(CSCc1nc2scc(-c3cccs3)c2c(=O)[nH]1)NCC1CCCO1. The van der Waals surface area contributed by atoms with Crippen molar-refractivity contribution in [3.05, 3.63) is 39.1 Å². The predicted molar refractivity (Wildman–Crippen MR) is 112 cm³/mol. The Labute approximate surface area is 168 Å². The van der Waals surface area contributed by atoms with Crippen molar-refractivity contribution in [2.45, 2.75) is 24.7 Å². The first-order valence-electron chi connectivity index (χ1n) is 8.71. The van der Waals surface area contributed by atoms with E-state index in [2.05, 4.69) is 15.3 Å². The minimum Gasteiger partial charge on any atom is -0.376 e. The van der Waals surface area contributed by atoms with Gasteiger partial charge < -0.3 is 15.0 Å². The lowest BCUT2D eigenvalue weighted by atomic mass is 10.2. The van der Waals surface area contributed by atoms with E-state index in [4.69, 9.17) is 4.74 Å². The summed E-state index contributed by atoms with van der Waals surface area (Å²) in [4.78, 5) is 33.7. The number of hydrogen-bond donors (Lipinski definition) is 2. The number of thioether (sulfide) groups is 1. The Morgan fingerprint density at radius 1 is 1.44 bits per heavy atom. The third-order valence-corrected chi connectivity index (χ3v) is 7.02. The Morgan fingerprint density at radius 2 is 2.37 bits per heavy atom. The number of thiophene rings is 2. The van der Waals surface area contributed by atoms with Gasteiger partial charge in [-0.15, -0.1) is 34.4 Å². The van der Waals surface area contributed by atoms with Crippen molar-refractivity contribution in [3.8, 4) is 10.4 Å². The third kappa shape index (κ3) is 4.43. The fraction of sp³-hybridized carbons (Fsp3) is 0.389. The summed E-state index contributed by atoms with van der Waals surface area (Å²) in [5.74, 6) is 1.41. The fourth-order valence-electron chi connectivity index (χ4n) is 3.00. The molecule has 0 aliphatic carbocycles. The van der Waals surface area contributed by atoms with Gasteiger partial charge in [-0.2, -0.15) is 0 Å². The molecule has 1 unspecified atom stereocenters. The molecule has 142 valence electrons. The largest absolute Gasteiger partial charge is 0.376 e. The minimum atomic E-state index is -0.122. The van der Waals surface area contributed by atoms with Gasteiger partial charge in [0.05, 0.1) is 23.0 Å². The third-order valence-electron chi connectivity index (χ3n) is 4.30. The molecule has 0 spiro atoms. The highest BCUT2D eigenvalue weighted by Gasteiger charge is 2.16. The van der Waals surface area contributed by atoms with Gasteiger partial charge in [-0.05, 0) is 24.3 Å². The molecule has 1 saturated heterocycles. The van der Waals surface area contributed by atoms with Crippen LogP contribution < -0.4 is 10.9 Å². The van der Waals surface area contributed by atoms with Gasteiger partial charge in [0.1, 0.15) is 10.7 Å². The lowest BCUT2D eigenvalue weighted by Crippen LogP contribution is -2.32. The van der Waals surface area contributed by atoms with E-state index in [0.29, 0.717) is 29.3 Å². The molecule has 9 heteroatoms. The number of fused-ring (bicyclic) bond motifs is 1. The molecule has 0 aromatic carbocycles. The van der Waals surface area contributed by atoms with Crippen molar-refractivity contribution >= 4 is 50.6 Å². The molecule has 4 heterocycles. The second kappa shape index (κ2) is 8.55. The Balaban J connectivity index is 1.35. The number of aromatic amines is 1. The first-order chi connectivity index (χ1) is 13.2. The van der Waals surface area contributed by atoms with Gasteiger partial charge in [0.15, 0.2) is 0 Å². The second-order valence-corrected chi connectivity index (χ2v) is 9.04. The number of carbonyl (C=O) groups is 1. The molecule has 1 aliphatic rings. The van der Waals surface area contributed by atoms with E-state index in [-0.39, 0.29) is 17.6 Å². The number of aromatic nitrogens is 2. The molecular weight excluding hydrogens is 402 g/mol. The standard InChI is InChI=1S/C18H19N3O3S3/c22-15(19-7-11-3-1-5-24-11)10-25-9-14-20-17(23)16-12(8-27-18(16)21-14)13-4-2-6-26-13/h2,4,6,8,11H,1,3,5,7,9-10H2,(H,19,22)(H,20,21,23). The zero-order valence-electron chi connectivity index (χ0n) is 14.5. The number of rotatable bonds is 7. The second-order valence-electron chi connectivity index (χ2n) is 6.25. The summed E-state index contributed by atoms with van der Waals surface area (Å²) in [7, 11) is 0. The fourth-order valence-corrected chi connectivity index (χ4v) is 5.50. The lowest BCUT2D eigenvalue weighted by Gasteiger charge is -2.10. The van der Waals surface area contributed by atoms with Crippen LogP contribution in [0.25, 0.3) is 20.7 Å². The number of nitrogens with one attached hydrogen (secondary N) is 2. The summed E-state index contributed by atoms with van der Waals surface area (Å²) in [6.45, 7) is 1.36. The average molecular weight is 422 g/mol. The molecule has 1 aliphatic heterocycles. The van der Waals surface area contributed by atoms with Crippen LogP contribution in [0.4, 0.5) is 0 Å². The number of hydrogen-bond acceptors (Lipinski definition) is 7. The first-order valence-corrected chi connectivity index (χ1v) is 11.6. The number of carbonyl (C=O) groups excluding carboxylic acids is 1. The van der Waals surface area contributed by atoms with E-state index < -0.39 is 0 Å². The molecule has 1 amide bonds. The molecule has 4 rings (SSSR count). The maximum absolute atomic E-state index is 12.5. The molecule has 27 heavy (non-hydrogen) atoms. The quantitative estimate of drug-likeness (QED) is 0.612. The Bertz CT molecular complexity index is 975. The Kier molecular flexibility index (Phi) is 5.92. The summed E-state index contributed by atoms with van der Waals surface area (Å²) in [6.07, 6.45) is 2.22. The van der Waals surface area contributed by atoms with Crippen molar-refractivity contribution in [2.24, 2.45) is 0 Å². The van der Waals surface area contributed by atoms with Gasteiger partial charge in [0.25, 0.3) is 5.56 Å². The van der Waals surface area contributed by atoms with Gasteiger partial charge in [-0.1, -0.05) is 6.07 Å². The number of amides is 1. The molecule has 1 atom stereocenters. The summed E-state index contributed by atoms with van der Waals surface area (Å²) in [5, 5.41) is 7.52. The van der Waals surface area contributed by atoms with Crippen molar-refractivity contribution in [1.29, 1.82) is 0 Å². The van der Waals surface area contributed by atoms with E-state index in [1.807, 2.05) is 22.9 Å². The lowest BCUT2D eigenvalue weighted by molar-refractivity contribution is -0.119. The predicted octanol–water partition coefficient (Wildman–Crippen LogP) is 3.24. The van der Waals surface area contributed by atoms with E-state index in [0.717, 1.165) is 34.7 Å². The summed E-state index contributed by atoms with van der Waals surface area (Å²) in [6, 6.07) is 3.98. The van der Waals surface area contributed by atoms with E-state index >= 15 is 0 Å². The van der Waals surface area contributed by atoms with Crippen LogP contribution in [0, 0.1) is 0 Å². The van der Waals surface area contributed by atoms with Crippen molar-refractivity contribution in [3.63, 3.8) is 0 Å². The van der Waals surface area contributed by atoms with Crippen LogP contribution in [0.5, 0.6) is 0 Å². The topological polar surface area (TPSA) is 84.1 Å². The van der Waals surface area contributed by atoms with Crippen LogP contribution in [-0.4, -0.2) is 40.9 Å². The molecule has 3 aromatic rings. The van der Waals surface area contributed by atoms with Gasteiger partial charge in [-0.3, -0.25) is 9.59 Å². The molecule has 0 radical (unpaired) electrons. The molecular formula is C18H19N3O3S3. The van der Waals surface area contributed by atoms with Crippen LogP contribution in [0.2, 0.25) is 0 Å². The highest BCUT2D eigenvalue weighted by Crippen LogP contribution is 2.33. The summed E-state index contributed by atoms with van der Waals surface area (Å²) in [5.41, 5.74) is 0.814. The number of ether oxygens (including phenoxy) is 1. The van der Waals surface area contributed by atoms with Crippen molar-refractivity contribution < 1.29 is 9.53 Å². The van der Waals surface area contributed by atoms with Crippen molar-refractivity contribution in [2.75, 3.05) is 18.9 Å². The molecule has 6 nitrogen and oxygen atoms in total. The van der Waals surface area contributed by atoms with Crippen LogP contribution in [0.3, 0.4) is 0 Å². The molecule has 2 N–H and O–H groups in total. The van der Waals surface area contributed by atoms with Gasteiger partial charge >= 0.3 is 0 Å². The summed E-state index contributed by atoms with van der Waals surface area (Å²) < 4.78 is 5.49. The first kappa shape index (κ1) is 18.7. The average Bonchev–Trinajstić information content (AvgIpc) is 3.40. The van der Waals surface area contributed by atoms with E-state index in [1.54, 1.807) is 11.3 Å². The van der Waals surface area contributed by atoms with Crippen molar-refractivity contribution in [1.82, 2.24) is 15.3 Å². The zero-order chi connectivity index (χ0) is 18.6. The Hall–Kier alpha value is -1.68. The van der Waals surface area contributed by atoms with Crippen LogP contribution in [-0.2, 0) is 15.3 Å². The van der Waals surface area contributed by atoms with Gasteiger partial charge in [0.2, 0.25) is 5.91 Å². The normalized spacial score (nSPS) is 16.8. The minimum absolute atomic E-state index is 0.0185. The van der Waals surface area contributed by atoms with Crippen LogP contribution in [0.15, 0.2) is 27.7 Å². The van der Waals surface area contributed by atoms with Gasteiger partial charge in [-0.25, -0.2) is 4.98 Å². The van der Waals surface area contributed by atoms with Crippen LogP contribution in [0.1, 0.15) is 18.7 Å². The van der Waals surface area contributed by atoms with Crippen LogP contribution >= 0.6 is 34.4 Å². The van der Waals surface area contributed by atoms with E-state index in [1.165, 1.54) is 23.1 Å². The smallest absolute Gasteiger partial charge is 0.260 e. The molecule has 0 bridgehead atoms. The highest BCUT2D eigenvalue weighted by molar-refractivity contribution is 7.99. The summed E-state index contributed by atoms with van der Waals surface area (Å²) >= 11 is 4.52. The molecule has 1 fully saturated rings. The zero-order valence-corrected chi connectivity index (χ0v) is 17.0. The molecule has 0 saturated carbocycles.